The summed E-state index contributed by atoms with van der Waals surface area (Å²) in [5.41, 5.74) is 2.14. The molecule has 9 heteroatoms. The number of nitrogens with zero attached hydrogens (tertiary/aromatic N) is 6. The summed E-state index contributed by atoms with van der Waals surface area (Å²) < 4.78 is 29.9. The molecule has 2 atom stereocenters. The summed E-state index contributed by atoms with van der Waals surface area (Å²) in [7, 11) is 0. The molecule has 1 aromatic carbocycles. The van der Waals surface area contributed by atoms with E-state index in [2.05, 4.69) is 25.0 Å². The van der Waals surface area contributed by atoms with E-state index in [0.29, 0.717) is 22.8 Å². The van der Waals surface area contributed by atoms with Gasteiger partial charge in [0.1, 0.15) is 5.69 Å². The number of aliphatic hydroxyl groups excluding tert-OH is 1. The van der Waals surface area contributed by atoms with Crippen molar-refractivity contribution in [2.75, 3.05) is 0 Å². The van der Waals surface area contributed by atoms with Gasteiger partial charge in [0.15, 0.2) is 23.3 Å². The van der Waals surface area contributed by atoms with Crippen LogP contribution in [0.5, 0.6) is 0 Å². The van der Waals surface area contributed by atoms with Gasteiger partial charge in [-0.3, -0.25) is 0 Å². The fourth-order valence-corrected chi connectivity index (χ4v) is 3.54. The molecule has 4 aromatic rings. The van der Waals surface area contributed by atoms with Gasteiger partial charge in [0.05, 0.1) is 12.8 Å². The third kappa shape index (κ3) is 3.33. The highest BCUT2D eigenvalue weighted by Crippen LogP contribution is 2.54. The molecule has 1 aliphatic rings. The molecule has 2 unspecified atom stereocenters. The van der Waals surface area contributed by atoms with Crippen LogP contribution < -0.4 is 0 Å². The zero-order valence-corrected chi connectivity index (χ0v) is 15.7. The van der Waals surface area contributed by atoms with E-state index >= 15 is 0 Å². The molecule has 5 rings (SSSR count). The Labute approximate surface area is 170 Å². The van der Waals surface area contributed by atoms with Crippen LogP contribution in [0.25, 0.3) is 17.3 Å². The summed E-state index contributed by atoms with van der Waals surface area (Å²) in [6, 6.07) is 4.55. The number of halogens is 2. The Bertz CT molecular complexity index is 1200. The number of benzene rings is 1. The summed E-state index contributed by atoms with van der Waals surface area (Å²) in [6.45, 7) is -0.224. The second-order valence-electron chi connectivity index (χ2n) is 7.15. The third-order valence-corrected chi connectivity index (χ3v) is 5.18. The third-order valence-electron chi connectivity index (χ3n) is 5.18. The molecular weight excluding hydrogens is 390 g/mol. The molecular formula is C21H16F2N6O. The molecule has 150 valence electrons. The van der Waals surface area contributed by atoms with Crippen molar-refractivity contribution in [1.82, 2.24) is 29.7 Å². The Hall–Kier alpha value is -3.59. The van der Waals surface area contributed by atoms with Crippen molar-refractivity contribution in [3.8, 4) is 17.3 Å². The Morgan fingerprint density at radius 2 is 1.63 bits per heavy atom. The van der Waals surface area contributed by atoms with Crippen molar-refractivity contribution in [2.45, 2.75) is 24.9 Å². The topological polar surface area (TPSA) is 89.6 Å². The predicted molar refractivity (Wildman–Crippen MR) is 103 cm³/mol. The van der Waals surface area contributed by atoms with Gasteiger partial charge >= 0.3 is 0 Å². The van der Waals surface area contributed by atoms with Crippen molar-refractivity contribution in [3.63, 3.8) is 0 Å². The summed E-state index contributed by atoms with van der Waals surface area (Å²) >= 11 is 0. The number of aliphatic hydroxyl groups is 1. The second kappa shape index (κ2) is 7.34. The first-order valence-corrected chi connectivity index (χ1v) is 9.37. The largest absolute Gasteiger partial charge is 0.392 e. The molecule has 3 aromatic heterocycles. The molecule has 1 aliphatic carbocycles. The minimum Gasteiger partial charge on any atom is -0.392 e. The molecule has 0 aliphatic heterocycles. The van der Waals surface area contributed by atoms with E-state index in [1.807, 2.05) is 0 Å². The van der Waals surface area contributed by atoms with Crippen LogP contribution in [0.15, 0.2) is 55.4 Å². The van der Waals surface area contributed by atoms with Crippen molar-refractivity contribution >= 4 is 0 Å². The lowest BCUT2D eigenvalue weighted by molar-refractivity contribution is 0.282. The van der Waals surface area contributed by atoms with E-state index < -0.39 is 11.6 Å². The van der Waals surface area contributed by atoms with E-state index in [9.17, 15) is 13.9 Å². The minimum atomic E-state index is -0.973. The van der Waals surface area contributed by atoms with Gasteiger partial charge in [-0.2, -0.15) is 5.10 Å². The van der Waals surface area contributed by atoms with Crippen LogP contribution in [-0.2, 0) is 6.61 Å². The van der Waals surface area contributed by atoms with Crippen LogP contribution in [0, 0.1) is 11.6 Å². The van der Waals surface area contributed by atoms with Crippen LogP contribution in [0.3, 0.4) is 0 Å². The smallest absolute Gasteiger partial charge is 0.197 e. The molecule has 30 heavy (non-hydrogen) atoms. The lowest BCUT2D eigenvalue weighted by Gasteiger charge is -2.08. The van der Waals surface area contributed by atoms with E-state index in [4.69, 9.17) is 0 Å². The summed E-state index contributed by atoms with van der Waals surface area (Å²) in [5, 5.41) is 13.2. The molecule has 0 spiro atoms. The van der Waals surface area contributed by atoms with Gasteiger partial charge in [0, 0.05) is 36.5 Å². The monoisotopic (exact) mass is 406 g/mol. The molecule has 0 bridgehead atoms. The lowest BCUT2D eigenvalue weighted by Crippen LogP contribution is -2.03. The fraction of sp³-hybridized carbons (Fsp3) is 0.190. The van der Waals surface area contributed by atoms with Gasteiger partial charge in [-0.05, 0) is 47.6 Å². The standard InChI is InChI=1S/C21H16F2N6O/c22-17-4-13(5-18(19(17)23)29-10-12(11-30)7-28-29)15-6-16(15)14-8-26-21(27-9-14)20-24-2-1-3-25-20/h1-5,7-10,15-16,30H,6,11H2. The van der Waals surface area contributed by atoms with E-state index in [1.54, 1.807) is 36.9 Å². The van der Waals surface area contributed by atoms with Crippen molar-refractivity contribution in [1.29, 1.82) is 0 Å². The highest BCUT2D eigenvalue weighted by Gasteiger charge is 2.41. The van der Waals surface area contributed by atoms with Crippen molar-refractivity contribution in [2.24, 2.45) is 0 Å². The van der Waals surface area contributed by atoms with E-state index in [-0.39, 0.29) is 24.1 Å². The Balaban J connectivity index is 1.40. The molecule has 0 saturated heterocycles. The molecule has 7 nitrogen and oxygen atoms in total. The van der Waals surface area contributed by atoms with Crippen LogP contribution in [0.1, 0.15) is 34.9 Å². The normalized spacial score (nSPS) is 17.8. The summed E-state index contributed by atoms with van der Waals surface area (Å²) in [4.78, 5) is 16.9. The van der Waals surface area contributed by atoms with E-state index in [0.717, 1.165) is 12.0 Å². The Kier molecular flexibility index (Phi) is 4.51. The van der Waals surface area contributed by atoms with Crippen LogP contribution in [0.4, 0.5) is 8.78 Å². The fourth-order valence-electron chi connectivity index (χ4n) is 3.54. The number of rotatable bonds is 5. The van der Waals surface area contributed by atoms with Crippen molar-refractivity contribution < 1.29 is 13.9 Å². The molecule has 1 saturated carbocycles. The first-order valence-electron chi connectivity index (χ1n) is 9.37. The van der Waals surface area contributed by atoms with Crippen molar-refractivity contribution in [3.05, 3.63) is 83.7 Å². The van der Waals surface area contributed by atoms with Crippen LogP contribution >= 0.6 is 0 Å². The zero-order chi connectivity index (χ0) is 20.7. The lowest BCUT2D eigenvalue weighted by atomic mass is 10.1. The quantitative estimate of drug-likeness (QED) is 0.548. The molecule has 0 amide bonds. The average molecular weight is 406 g/mol. The number of hydrogen-bond donors (Lipinski definition) is 1. The predicted octanol–water partition coefficient (Wildman–Crippen LogP) is 3.16. The maximum Gasteiger partial charge on any atom is 0.197 e. The minimum absolute atomic E-state index is 0.0168. The van der Waals surface area contributed by atoms with Gasteiger partial charge in [-0.1, -0.05) is 0 Å². The Morgan fingerprint density at radius 3 is 2.33 bits per heavy atom. The maximum absolute atomic E-state index is 14.4. The average Bonchev–Trinajstić information content (AvgIpc) is 3.45. The zero-order valence-electron chi connectivity index (χ0n) is 15.7. The molecule has 1 fully saturated rings. The van der Waals surface area contributed by atoms with Crippen LogP contribution in [0.2, 0.25) is 0 Å². The van der Waals surface area contributed by atoms with Gasteiger partial charge < -0.3 is 5.11 Å². The first kappa shape index (κ1) is 18.4. The maximum atomic E-state index is 14.4. The Morgan fingerprint density at radius 1 is 0.933 bits per heavy atom. The first-order chi connectivity index (χ1) is 14.6. The highest BCUT2D eigenvalue weighted by atomic mass is 19.2. The summed E-state index contributed by atoms with van der Waals surface area (Å²) in [5.74, 6) is -0.859. The van der Waals surface area contributed by atoms with Crippen LogP contribution in [-0.4, -0.2) is 34.8 Å². The molecule has 0 radical (unpaired) electrons. The SMILES string of the molecule is OCc1cnn(-c2cc(C3CC3c3cnc(-c4ncccn4)nc3)cc(F)c2F)c1. The molecule has 3 heterocycles. The van der Waals surface area contributed by atoms with Gasteiger partial charge in [-0.25, -0.2) is 33.4 Å². The number of aromatic nitrogens is 6. The highest BCUT2D eigenvalue weighted by molar-refractivity contribution is 5.45. The summed E-state index contributed by atoms with van der Waals surface area (Å²) in [6.07, 6.45) is 10.4. The van der Waals surface area contributed by atoms with E-state index in [1.165, 1.54) is 23.1 Å². The van der Waals surface area contributed by atoms with Gasteiger partial charge in [-0.15, -0.1) is 0 Å². The molecule has 1 N–H and O–H groups in total. The van der Waals surface area contributed by atoms with Gasteiger partial charge in [0.25, 0.3) is 0 Å². The number of hydrogen-bond acceptors (Lipinski definition) is 6. The second-order valence-corrected chi connectivity index (χ2v) is 7.15. The van der Waals surface area contributed by atoms with Gasteiger partial charge in [0.2, 0.25) is 0 Å².